The van der Waals surface area contributed by atoms with Crippen LogP contribution in [0.15, 0.2) is 42.6 Å². The summed E-state index contributed by atoms with van der Waals surface area (Å²) in [5, 5.41) is 5.35. The number of hydrogen-bond acceptors (Lipinski definition) is 4. The molecule has 2 N–H and O–H groups in total. The number of thiocarbonyl (C=S) groups is 1. The first-order valence-corrected chi connectivity index (χ1v) is 11.2. The molecule has 0 aliphatic rings. The summed E-state index contributed by atoms with van der Waals surface area (Å²) in [6.45, 7) is 6.64. The Labute approximate surface area is 195 Å². The smallest absolute Gasteiger partial charge is 0.169 e. The highest BCUT2D eigenvalue weighted by Crippen LogP contribution is 2.28. The van der Waals surface area contributed by atoms with E-state index in [1.54, 1.807) is 21.3 Å². The maximum absolute atomic E-state index is 5.76. The average Bonchev–Trinajstić information content (AvgIpc) is 3.21. The zero-order valence-electron chi connectivity index (χ0n) is 19.5. The van der Waals surface area contributed by atoms with Crippen molar-refractivity contribution in [1.82, 2.24) is 15.2 Å². The maximum Gasteiger partial charge on any atom is 0.169 e. The molecule has 7 heteroatoms. The van der Waals surface area contributed by atoms with Gasteiger partial charge in [-0.2, -0.15) is 0 Å². The number of aromatic amines is 1. The summed E-state index contributed by atoms with van der Waals surface area (Å²) in [5.41, 5.74) is 3.45. The van der Waals surface area contributed by atoms with Crippen LogP contribution in [0.1, 0.15) is 25.0 Å². The van der Waals surface area contributed by atoms with E-state index in [1.165, 1.54) is 10.9 Å². The summed E-state index contributed by atoms with van der Waals surface area (Å²) in [6.07, 6.45) is 2.92. The quantitative estimate of drug-likeness (QED) is 0.430. The Kier molecular flexibility index (Phi) is 8.22. The summed E-state index contributed by atoms with van der Waals surface area (Å²) >= 11 is 5.76. The maximum atomic E-state index is 5.76. The van der Waals surface area contributed by atoms with Gasteiger partial charge in [-0.3, -0.25) is 0 Å². The minimum atomic E-state index is 0.511. The minimum absolute atomic E-state index is 0.511. The number of aromatic nitrogens is 1. The van der Waals surface area contributed by atoms with E-state index in [2.05, 4.69) is 47.4 Å². The molecule has 0 amide bonds. The average molecular weight is 456 g/mol. The molecule has 0 fully saturated rings. The van der Waals surface area contributed by atoms with Crippen molar-refractivity contribution in [2.75, 3.05) is 34.4 Å². The van der Waals surface area contributed by atoms with Gasteiger partial charge in [-0.05, 0) is 66.0 Å². The second-order valence-corrected chi connectivity index (χ2v) is 8.55. The fraction of sp³-hybridized carbons (Fsp3) is 0.400. The first-order chi connectivity index (χ1) is 15.4. The van der Waals surface area contributed by atoms with Crippen LogP contribution < -0.4 is 19.5 Å². The van der Waals surface area contributed by atoms with Crippen molar-refractivity contribution < 1.29 is 14.2 Å². The summed E-state index contributed by atoms with van der Waals surface area (Å²) in [7, 11) is 4.99. The molecule has 0 radical (unpaired) electrons. The summed E-state index contributed by atoms with van der Waals surface area (Å²) < 4.78 is 16.3. The lowest BCUT2D eigenvalue weighted by molar-refractivity contribution is 0.352. The van der Waals surface area contributed by atoms with Crippen LogP contribution >= 0.6 is 12.2 Å². The van der Waals surface area contributed by atoms with Gasteiger partial charge in [0.1, 0.15) is 5.75 Å². The number of hydrogen-bond donors (Lipinski definition) is 2. The predicted molar refractivity (Wildman–Crippen MR) is 134 cm³/mol. The third-order valence-corrected chi connectivity index (χ3v) is 5.80. The van der Waals surface area contributed by atoms with E-state index in [4.69, 9.17) is 26.4 Å². The van der Waals surface area contributed by atoms with Gasteiger partial charge in [0.15, 0.2) is 16.6 Å². The highest BCUT2D eigenvalue weighted by Gasteiger charge is 2.14. The van der Waals surface area contributed by atoms with Crippen LogP contribution in [0.5, 0.6) is 17.2 Å². The Morgan fingerprint density at radius 3 is 2.50 bits per heavy atom. The molecule has 0 aliphatic heterocycles. The Morgan fingerprint density at radius 2 is 1.81 bits per heavy atom. The molecule has 32 heavy (non-hydrogen) atoms. The van der Waals surface area contributed by atoms with Crippen molar-refractivity contribution in [3.63, 3.8) is 0 Å². The zero-order valence-corrected chi connectivity index (χ0v) is 20.3. The first kappa shape index (κ1) is 23.7. The molecule has 0 saturated heterocycles. The van der Waals surface area contributed by atoms with Crippen LogP contribution in [-0.2, 0) is 13.0 Å². The molecule has 0 spiro atoms. The van der Waals surface area contributed by atoms with Crippen molar-refractivity contribution in [3.8, 4) is 17.2 Å². The molecule has 6 nitrogen and oxygen atoms in total. The molecular formula is C25H33N3O3S. The molecule has 1 aromatic heterocycles. The highest BCUT2D eigenvalue weighted by atomic mass is 32.1. The number of nitrogens with zero attached hydrogens (tertiary/aromatic N) is 1. The molecular weight excluding hydrogens is 422 g/mol. The third-order valence-electron chi connectivity index (χ3n) is 5.40. The fourth-order valence-electron chi connectivity index (χ4n) is 3.60. The normalized spacial score (nSPS) is 10.9. The number of fused-ring (bicyclic) bond motifs is 1. The lowest BCUT2D eigenvalue weighted by Crippen LogP contribution is -2.41. The van der Waals surface area contributed by atoms with Crippen LogP contribution in [0.4, 0.5) is 0 Å². The molecule has 0 saturated carbocycles. The van der Waals surface area contributed by atoms with Gasteiger partial charge in [-0.25, -0.2) is 0 Å². The van der Waals surface area contributed by atoms with Crippen LogP contribution in [0.25, 0.3) is 10.9 Å². The van der Waals surface area contributed by atoms with Crippen LogP contribution in [0.3, 0.4) is 0 Å². The van der Waals surface area contributed by atoms with Gasteiger partial charge in [0.25, 0.3) is 0 Å². The number of H-pyrrole nitrogens is 1. The van der Waals surface area contributed by atoms with Gasteiger partial charge in [0.2, 0.25) is 0 Å². The SMILES string of the molecule is COc1ccc2[nH]cc(CCN(Cc3ccc(OC)c(OC)c3)C(=S)NCC(C)C)c2c1. The molecule has 3 aromatic rings. The number of ether oxygens (including phenoxy) is 3. The van der Waals surface area contributed by atoms with E-state index in [0.717, 1.165) is 53.0 Å². The largest absolute Gasteiger partial charge is 0.497 e. The van der Waals surface area contributed by atoms with Crippen molar-refractivity contribution in [2.24, 2.45) is 5.92 Å². The molecule has 0 bridgehead atoms. The molecule has 0 unspecified atom stereocenters. The van der Waals surface area contributed by atoms with Crippen molar-refractivity contribution in [3.05, 3.63) is 53.7 Å². The minimum Gasteiger partial charge on any atom is -0.497 e. The lowest BCUT2D eigenvalue weighted by Gasteiger charge is -2.27. The van der Waals surface area contributed by atoms with Gasteiger partial charge in [0, 0.05) is 36.7 Å². The number of nitrogens with one attached hydrogen (secondary N) is 2. The number of methoxy groups -OCH3 is 3. The molecule has 1 heterocycles. The van der Waals surface area contributed by atoms with Gasteiger partial charge in [-0.15, -0.1) is 0 Å². The van der Waals surface area contributed by atoms with Crippen molar-refractivity contribution in [1.29, 1.82) is 0 Å². The molecule has 3 rings (SSSR count). The van der Waals surface area contributed by atoms with Gasteiger partial charge >= 0.3 is 0 Å². The van der Waals surface area contributed by atoms with Crippen LogP contribution in [0, 0.1) is 5.92 Å². The number of benzene rings is 2. The van der Waals surface area contributed by atoms with E-state index in [0.29, 0.717) is 12.5 Å². The van der Waals surface area contributed by atoms with Gasteiger partial charge < -0.3 is 29.4 Å². The molecule has 2 aromatic carbocycles. The van der Waals surface area contributed by atoms with E-state index in [1.807, 2.05) is 24.3 Å². The van der Waals surface area contributed by atoms with E-state index >= 15 is 0 Å². The summed E-state index contributed by atoms with van der Waals surface area (Å²) in [6, 6.07) is 12.1. The molecule has 0 atom stereocenters. The Hall–Kier alpha value is -2.93. The van der Waals surface area contributed by atoms with Crippen molar-refractivity contribution >= 4 is 28.2 Å². The standard InChI is InChI=1S/C25H33N3O3S/c1-17(2)14-27-25(32)28(16-18-6-9-23(30-4)24(12-18)31-5)11-10-19-15-26-22-8-7-20(29-3)13-21(19)22/h6-9,12-13,15,17,26H,10-11,14,16H2,1-5H3,(H,27,32). The van der Waals surface area contributed by atoms with E-state index in [-0.39, 0.29) is 0 Å². The summed E-state index contributed by atoms with van der Waals surface area (Å²) in [5.74, 6) is 2.80. The first-order valence-electron chi connectivity index (χ1n) is 10.8. The third kappa shape index (κ3) is 5.85. The topological polar surface area (TPSA) is 58.8 Å². The van der Waals surface area contributed by atoms with Crippen LogP contribution in [0.2, 0.25) is 0 Å². The van der Waals surface area contributed by atoms with E-state index in [9.17, 15) is 0 Å². The highest BCUT2D eigenvalue weighted by molar-refractivity contribution is 7.80. The van der Waals surface area contributed by atoms with Gasteiger partial charge in [-0.1, -0.05) is 19.9 Å². The Balaban J connectivity index is 1.79. The Bertz CT molecular complexity index is 1050. The van der Waals surface area contributed by atoms with E-state index < -0.39 is 0 Å². The van der Waals surface area contributed by atoms with Crippen LogP contribution in [-0.4, -0.2) is 49.4 Å². The monoisotopic (exact) mass is 455 g/mol. The number of rotatable bonds is 10. The molecule has 0 aliphatic carbocycles. The fourth-order valence-corrected chi connectivity index (χ4v) is 3.84. The lowest BCUT2D eigenvalue weighted by atomic mass is 10.1. The predicted octanol–water partition coefficient (Wildman–Crippen LogP) is 4.77. The van der Waals surface area contributed by atoms with Crippen molar-refractivity contribution in [2.45, 2.75) is 26.8 Å². The molecule has 172 valence electrons. The van der Waals surface area contributed by atoms with Gasteiger partial charge in [0.05, 0.1) is 21.3 Å². The Morgan fingerprint density at radius 1 is 1.03 bits per heavy atom. The zero-order chi connectivity index (χ0) is 23.1. The second kappa shape index (κ2) is 11.1. The summed E-state index contributed by atoms with van der Waals surface area (Å²) in [4.78, 5) is 5.56. The second-order valence-electron chi connectivity index (χ2n) is 8.17.